The van der Waals surface area contributed by atoms with Crippen LogP contribution in [0.2, 0.25) is 10.0 Å². The molecular formula is C35H39Cl2N5O. The summed E-state index contributed by atoms with van der Waals surface area (Å²) in [5, 5.41) is 4.16. The van der Waals surface area contributed by atoms with E-state index in [-0.39, 0.29) is 18.1 Å². The molecule has 2 aromatic carbocycles. The molecule has 43 heavy (non-hydrogen) atoms. The number of amides is 2. The number of nitrogens with zero attached hydrogens (tertiary/aromatic N) is 4. The Hall–Kier alpha value is -3.11. The monoisotopic (exact) mass is 615 g/mol. The van der Waals surface area contributed by atoms with E-state index in [1.807, 2.05) is 44.0 Å². The number of carbonyl (C=O) groups excluding carboxylic acids is 1. The van der Waals surface area contributed by atoms with Crippen molar-refractivity contribution in [2.24, 2.45) is 5.92 Å². The minimum absolute atomic E-state index is 0.0752. The summed E-state index contributed by atoms with van der Waals surface area (Å²) in [6.07, 6.45) is 8.78. The predicted octanol–water partition coefficient (Wildman–Crippen LogP) is 7.76. The van der Waals surface area contributed by atoms with Crippen molar-refractivity contribution in [2.75, 3.05) is 20.1 Å². The van der Waals surface area contributed by atoms with Gasteiger partial charge in [0.15, 0.2) is 0 Å². The minimum atomic E-state index is -0.225. The van der Waals surface area contributed by atoms with Crippen LogP contribution in [0, 0.1) is 24.7 Å². The maximum Gasteiger partial charge on any atom is 0.317 e. The zero-order chi connectivity index (χ0) is 30.1. The van der Waals surface area contributed by atoms with Gasteiger partial charge in [0.1, 0.15) is 6.33 Å². The van der Waals surface area contributed by atoms with Crippen molar-refractivity contribution < 1.29 is 4.79 Å². The average Bonchev–Trinajstić information content (AvgIpc) is 3.76. The number of benzene rings is 2. The Kier molecular flexibility index (Phi) is 8.95. The zero-order valence-corrected chi connectivity index (χ0v) is 26.7. The fraction of sp³-hybridized carbons (Fsp3) is 0.457. The third-order valence-corrected chi connectivity index (χ3v) is 10.2. The van der Waals surface area contributed by atoms with E-state index in [1.54, 1.807) is 6.33 Å². The van der Waals surface area contributed by atoms with Crippen LogP contribution in [0.3, 0.4) is 0 Å². The smallest absolute Gasteiger partial charge is 0.317 e. The van der Waals surface area contributed by atoms with E-state index >= 15 is 0 Å². The van der Waals surface area contributed by atoms with Gasteiger partial charge in [-0.3, -0.25) is 4.90 Å². The van der Waals surface area contributed by atoms with Gasteiger partial charge in [-0.05, 0) is 86.8 Å². The Morgan fingerprint density at radius 3 is 2.58 bits per heavy atom. The molecule has 2 amide bonds. The van der Waals surface area contributed by atoms with Crippen LogP contribution >= 0.6 is 23.2 Å². The summed E-state index contributed by atoms with van der Waals surface area (Å²) in [5.74, 6) is 6.91. The van der Waals surface area contributed by atoms with Gasteiger partial charge < -0.3 is 10.2 Å². The highest BCUT2D eigenvalue weighted by atomic mass is 35.5. The van der Waals surface area contributed by atoms with Crippen LogP contribution in [0.15, 0.2) is 42.7 Å². The van der Waals surface area contributed by atoms with E-state index in [0.29, 0.717) is 28.4 Å². The Labute approximate surface area is 265 Å². The molecule has 2 fully saturated rings. The van der Waals surface area contributed by atoms with E-state index in [2.05, 4.69) is 50.2 Å². The van der Waals surface area contributed by atoms with Crippen molar-refractivity contribution in [1.82, 2.24) is 25.1 Å². The number of carbonyl (C=O) groups is 1. The molecule has 0 radical (unpaired) electrons. The SMILES string of the molecule is CC[C@H](NC(=O)N(C)C1CCN(C2CCc3cc(-c4cc(C)ncn4)ccc32)CC1)c1ccc(C#CC2CC2)c(Cl)c1Cl. The fourth-order valence-electron chi connectivity index (χ4n) is 6.48. The van der Waals surface area contributed by atoms with Crippen molar-refractivity contribution in [3.63, 3.8) is 0 Å². The summed E-state index contributed by atoms with van der Waals surface area (Å²) in [6, 6.07) is 13.0. The minimum Gasteiger partial charge on any atom is -0.331 e. The predicted molar refractivity (Wildman–Crippen MR) is 173 cm³/mol. The lowest BCUT2D eigenvalue weighted by Gasteiger charge is -2.40. The molecule has 0 spiro atoms. The number of halogens is 2. The molecule has 224 valence electrons. The van der Waals surface area contributed by atoms with Gasteiger partial charge in [-0.1, -0.05) is 60.2 Å². The molecule has 1 unspecified atom stereocenters. The van der Waals surface area contributed by atoms with Crippen molar-refractivity contribution >= 4 is 29.2 Å². The number of rotatable bonds is 6. The molecule has 2 atom stereocenters. The maximum atomic E-state index is 13.4. The third kappa shape index (κ3) is 6.55. The van der Waals surface area contributed by atoms with E-state index in [9.17, 15) is 4.79 Å². The third-order valence-electron chi connectivity index (χ3n) is 9.28. The van der Waals surface area contributed by atoms with E-state index in [0.717, 1.165) is 79.7 Å². The lowest BCUT2D eigenvalue weighted by molar-refractivity contribution is 0.105. The maximum absolute atomic E-state index is 13.4. The van der Waals surface area contributed by atoms with Gasteiger partial charge in [0, 0.05) is 55.0 Å². The molecule has 2 heterocycles. The molecule has 1 aromatic heterocycles. The van der Waals surface area contributed by atoms with Crippen molar-refractivity contribution in [2.45, 2.75) is 76.9 Å². The second-order valence-electron chi connectivity index (χ2n) is 12.2. The van der Waals surface area contributed by atoms with Crippen LogP contribution in [0.1, 0.15) is 85.5 Å². The number of hydrogen-bond donors (Lipinski definition) is 1. The summed E-state index contributed by atoms with van der Waals surface area (Å²) in [7, 11) is 1.91. The van der Waals surface area contributed by atoms with Crippen LogP contribution in [-0.4, -0.2) is 52.0 Å². The lowest BCUT2D eigenvalue weighted by atomic mass is 9.98. The first kappa shape index (κ1) is 29.9. The van der Waals surface area contributed by atoms with Crippen LogP contribution in [0.4, 0.5) is 4.79 Å². The summed E-state index contributed by atoms with van der Waals surface area (Å²) in [6.45, 7) is 5.99. The Balaban J connectivity index is 1.05. The fourth-order valence-corrected chi connectivity index (χ4v) is 7.00. The van der Waals surface area contributed by atoms with Gasteiger partial charge >= 0.3 is 6.03 Å². The molecule has 1 N–H and O–H groups in total. The lowest BCUT2D eigenvalue weighted by Crippen LogP contribution is -2.49. The highest BCUT2D eigenvalue weighted by Crippen LogP contribution is 2.39. The Morgan fingerprint density at radius 1 is 1.07 bits per heavy atom. The average molecular weight is 617 g/mol. The van der Waals surface area contributed by atoms with E-state index in [1.165, 1.54) is 11.1 Å². The molecule has 6 rings (SSSR count). The standard InChI is InChI=1S/C35H39Cl2N5O/c1-4-30(29-13-9-24(33(36)34(29)37)8-7-23-5-6-23)40-35(43)41(3)27-15-17-42(18-16-27)32-14-11-25-20-26(10-12-28(25)32)31-19-22(2)38-21-39-31/h9-10,12-13,19-21,23,27,30,32H,4-6,11,14-18H2,1-3H3,(H,40,43)/t30-,32?/m0/s1. The number of urea groups is 1. The van der Waals surface area contributed by atoms with E-state index in [4.69, 9.17) is 23.2 Å². The van der Waals surface area contributed by atoms with E-state index < -0.39 is 0 Å². The van der Waals surface area contributed by atoms with Gasteiger partial charge in [0.2, 0.25) is 0 Å². The van der Waals surface area contributed by atoms with Gasteiger partial charge in [-0.25, -0.2) is 14.8 Å². The van der Waals surface area contributed by atoms with Gasteiger partial charge in [0.05, 0.1) is 21.8 Å². The second-order valence-corrected chi connectivity index (χ2v) is 12.9. The number of nitrogens with one attached hydrogen (secondary N) is 1. The highest BCUT2D eigenvalue weighted by Gasteiger charge is 2.33. The largest absolute Gasteiger partial charge is 0.331 e. The molecule has 1 aliphatic heterocycles. The number of likely N-dealkylation sites (tertiary alicyclic amines) is 1. The molecular weight excluding hydrogens is 577 g/mol. The number of aryl methyl sites for hydroxylation is 2. The summed E-state index contributed by atoms with van der Waals surface area (Å²) >= 11 is 13.3. The molecule has 3 aromatic rings. The molecule has 3 aliphatic rings. The molecule has 6 nitrogen and oxygen atoms in total. The summed E-state index contributed by atoms with van der Waals surface area (Å²) < 4.78 is 0. The number of aromatic nitrogens is 2. The second kappa shape index (κ2) is 12.9. The first-order valence-corrected chi connectivity index (χ1v) is 16.3. The molecule has 2 aliphatic carbocycles. The van der Waals surface area contributed by atoms with Crippen LogP contribution in [0.5, 0.6) is 0 Å². The quantitative estimate of drug-likeness (QED) is 0.288. The first-order valence-electron chi connectivity index (χ1n) is 15.5. The van der Waals surface area contributed by atoms with Crippen LogP contribution < -0.4 is 5.32 Å². The summed E-state index contributed by atoms with van der Waals surface area (Å²) in [5.41, 5.74) is 7.55. The first-order chi connectivity index (χ1) is 20.8. The zero-order valence-electron chi connectivity index (χ0n) is 25.2. The van der Waals surface area contributed by atoms with Crippen molar-refractivity contribution in [1.29, 1.82) is 0 Å². The van der Waals surface area contributed by atoms with Gasteiger partial charge in [-0.2, -0.15) is 0 Å². The normalized spacial score (nSPS) is 19.3. The van der Waals surface area contributed by atoms with Crippen LogP contribution in [0.25, 0.3) is 11.3 Å². The van der Waals surface area contributed by atoms with Crippen molar-refractivity contribution in [3.8, 4) is 23.1 Å². The highest BCUT2D eigenvalue weighted by molar-refractivity contribution is 6.43. The molecule has 1 saturated heterocycles. The molecule has 8 heteroatoms. The molecule has 1 saturated carbocycles. The number of fused-ring (bicyclic) bond motifs is 1. The summed E-state index contributed by atoms with van der Waals surface area (Å²) in [4.78, 5) is 26.6. The Morgan fingerprint density at radius 2 is 1.86 bits per heavy atom. The van der Waals surface area contributed by atoms with Gasteiger partial charge in [-0.15, -0.1) is 0 Å². The molecule has 0 bridgehead atoms. The van der Waals surface area contributed by atoms with Crippen molar-refractivity contribution in [3.05, 3.63) is 80.7 Å². The van der Waals surface area contributed by atoms with Crippen LogP contribution in [-0.2, 0) is 6.42 Å². The number of piperidine rings is 1. The van der Waals surface area contributed by atoms with Gasteiger partial charge in [0.25, 0.3) is 0 Å². The number of hydrogen-bond acceptors (Lipinski definition) is 4. The Bertz CT molecular complexity index is 1570. The topological polar surface area (TPSA) is 61.4 Å².